The summed E-state index contributed by atoms with van der Waals surface area (Å²) in [6, 6.07) is 6.77. The van der Waals surface area contributed by atoms with Gasteiger partial charge in [0.25, 0.3) is 5.56 Å². The first kappa shape index (κ1) is 24.6. The molecule has 1 atom stereocenters. The molecule has 3 aromatic rings. The number of nitrogens with one attached hydrogen (secondary N) is 1. The van der Waals surface area contributed by atoms with E-state index in [2.05, 4.69) is 92.1 Å². The monoisotopic (exact) mass is 464 g/mol. The zero-order valence-electron chi connectivity index (χ0n) is 21.9. The molecule has 2 aromatic heterocycles. The van der Waals surface area contributed by atoms with Crippen molar-refractivity contribution in [2.75, 3.05) is 0 Å². The van der Waals surface area contributed by atoms with Gasteiger partial charge in [-0.15, -0.1) is 5.10 Å². The smallest absolute Gasteiger partial charge is 0.252 e. The summed E-state index contributed by atoms with van der Waals surface area (Å²) in [6.07, 6.45) is 5.67. The molecule has 1 N–H and O–H groups in total. The lowest BCUT2D eigenvalue weighted by Crippen LogP contribution is -2.42. The molecule has 4 rings (SSSR count). The average Bonchev–Trinajstić information content (AvgIpc) is 3.47. The molecule has 0 aliphatic heterocycles. The Hall–Kier alpha value is -2.54. The Bertz CT molecular complexity index is 1200. The number of benzene rings is 1. The number of pyridine rings is 1. The van der Waals surface area contributed by atoms with Gasteiger partial charge in [-0.2, -0.15) is 0 Å². The van der Waals surface area contributed by atoms with Crippen molar-refractivity contribution in [3.63, 3.8) is 0 Å². The maximum absolute atomic E-state index is 13.2. The summed E-state index contributed by atoms with van der Waals surface area (Å²) >= 11 is 0. The number of fused-ring (bicyclic) bond motifs is 1. The van der Waals surface area contributed by atoms with Crippen LogP contribution in [0.4, 0.5) is 0 Å². The largest absolute Gasteiger partial charge is 0.322 e. The molecule has 0 amide bonds. The minimum Gasteiger partial charge on any atom is -0.322 e. The van der Waals surface area contributed by atoms with E-state index in [1.807, 2.05) is 4.68 Å². The first-order chi connectivity index (χ1) is 16.1. The Morgan fingerprint density at radius 2 is 1.82 bits per heavy atom. The SMILES string of the molecule is CCC(C)(C)n1nnnc1[C@H](C(C)C)N(Cc1cc2cc(C)c(C)cc2[nH]c1=O)C1CCCC1. The Balaban J connectivity index is 1.80. The molecule has 1 fully saturated rings. The van der Waals surface area contributed by atoms with Crippen LogP contribution < -0.4 is 5.56 Å². The van der Waals surface area contributed by atoms with Crippen LogP contribution in [0.2, 0.25) is 0 Å². The van der Waals surface area contributed by atoms with E-state index < -0.39 is 0 Å². The second-order valence-electron chi connectivity index (χ2n) is 11.1. The summed E-state index contributed by atoms with van der Waals surface area (Å²) < 4.78 is 2.01. The number of hydrogen-bond acceptors (Lipinski definition) is 5. The summed E-state index contributed by atoms with van der Waals surface area (Å²) in [5.74, 6) is 1.19. The first-order valence-electron chi connectivity index (χ1n) is 12.8. The molecule has 1 aromatic carbocycles. The summed E-state index contributed by atoms with van der Waals surface area (Å²) in [6.45, 7) is 15.8. The van der Waals surface area contributed by atoms with Crippen molar-refractivity contribution in [1.82, 2.24) is 30.1 Å². The molecule has 7 heteroatoms. The zero-order chi connectivity index (χ0) is 24.6. The lowest BCUT2D eigenvalue weighted by Gasteiger charge is -2.39. The molecule has 0 unspecified atom stereocenters. The van der Waals surface area contributed by atoms with Crippen LogP contribution >= 0.6 is 0 Å². The van der Waals surface area contributed by atoms with Gasteiger partial charge in [0.15, 0.2) is 5.82 Å². The van der Waals surface area contributed by atoms with E-state index >= 15 is 0 Å². The molecule has 0 bridgehead atoms. The van der Waals surface area contributed by atoms with Crippen LogP contribution in [0.5, 0.6) is 0 Å². The fourth-order valence-corrected chi connectivity index (χ4v) is 5.32. The van der Waals surface area contributed by atoms with Crippen molar-refractivity contribution in [1.29, 1.82) is 0 Å². The summed E-state index contributed by atoms with van der Waals surface area (Å²) in [5.41, 5.74) is 3.95. The number of tetrazole rings is 1. The van der Waals surface area contributed by atoms with Crippen molar-refractivity contribution in [2.24, 2.45) is 5.92 Å². The molecule has 0 spiro atoms. The fraction of sp³-hybridized carbons (Fsp3) is 0.630. The number of aromatic nitrogens is 5. The van der Waals surface area contributed by atoms with Crippen LogP contribution in [-0.4, -0.2) is 36.1 Å². The third-order valence-corrected chi connectivity index (χ3v) is 7.87. The maximum Gasteiger partial charge on any atom is 0.252 e. The molecule has 0 radical (unpaired) electrons. The summed E-state index contributed by atoms with van der Waals surface area (Å²) in [7, 11) is 0. The van der Waals surface area contributed by atoms with Gasteiger partial charge in [0.2, 0.25) is 0 Å². The van der Waals surface area contributed by atoms with E-state index in [1.54, 1.807) is 0 Å². The third-order valence-electron chi connectivity index (χ3n) is 7.87. The van der Waals surface area contributed by atoms with E-state index in [0.717, 1.165) is 41.6 Å². The first-order valence-corrected chi connectivity index (χ1v) is 12.8. The minimum atomic E-state index is -0.177. The lowest BCUT2D eigenvalue weighted by atomic mass is 9.95. The van der Waals surface area contributed by atoms with Gasteiger partial charge in [0.1, 0.15) is 0 Å². The summed E-state index contributed by atoms with van der Waals surface area (Å²) in [4.78, 5) is 18.9. The topological polar surface area (TPSA) is 79.7 Å². The molecule has 7 nitrogen and oxygen atoms in total. The van der Waals surface area contributed by atoms with E-state index in [-0.39, 0.29) is 17.1 Å². The highest BCUT2D eigenvalue weighted by molar-refractivity contribution is 5.80. The van der Waals surface area contributed by atoms with Crippen molar-refractivity contribution in [2.45, 2.75) is 105 Å². The lowest BCUT2D eigenvalue weighted by molar-refractivity contribution is 0.0791. The fourth-order valence-electron chi connectivity index (χ4n) is 5.32. The van der Waals surface area contributed by atoms with E-state index in [0.29, 0.717) is 18.5 Å². The van der Waals surface area contributed by atoms with Gasteiger partial charge in [-0.05, 0) is 98.0 Å². The number of H-pyrrole nitrogens is 1. The molecule has 1 aliphatic carbocycles. The summed E-state index contributed by atoms with van der Waals surface area (Å²) in [5, 5.41) is 14.2. The molecule has 184 valence electrons. The van der Waals surface area contributed by atoms with Crippen LogP contribution in [0.25, 0.3) is 10.9 Å². The van der Waals surface area contributed by atoms with E-state index in [9.17, 15) is 4.79 Å². The van der Waals surface area contributed by atoms with Crippen LogP contribution in [0.3, 0.4) is 0 Å². The number of hydrogen-bond donors (Lipinski definition) is 1. The zero-order valence-corrected chi connectivity index (χ0v) is 21.9. The van der Waals surface area contributed by atoms with Crippen molar-refractivity contribution < 1.29 is 0 Å². The van der Waals surface area contributed by atoms with E-state index in [4.69, 9.17) is 0 Å². The normalized spacial score (nSPS) is 16.3. The van der Waals surface area contributed by atoms with Gasteiger partial charge in [-0.25, -0.2) is 4.68 Å². The van der Waals surface area contributed by atoms with Crippen molar-refractivity contribution in [3.05, 3.63) is 51.1 Å². The van der Waals surface area contributed by atoms with Crippen LogP contribution in [0.15, 0.2) is 23.0 Å². The van der Waals surface area contributed by atoms with E-state index in [1.165, 1.54) is 24.0 Å². The Labute approximate surface area is 202 Å². The molecule has 34 heavy (non-hydrogen) atoms. The van der Waals surface area contributed by atoms with Crippen LogP contribution in [0, 0.1) is 19.8 Å². The Morgan fingerprint density at radius 3 is 2.47 bits per heavy atom. The molecule has 0 saturated heterocycles. The highest BCUT2D eigenvalue weighted by Gasteiger charge is 2.37. The minimum absolute atomic E-state index is 0.00487. The van der Waals surface area contributed by atoms with Gasteiger partial charge in [-0.1, -0.05) is 33.6 Å². The maximum atomic E-state index is 13.2. The molecule has 1 saturated carbocycles. The number of aromatic amines is 1. The predicted molar refractivity (Wildman–Crippen MR) is 137 cm³/mol. The second kappa shape index (κ2) is 9.61. The van der Waals surface area contributed by atoms with Gasteiger partial charge in [0.05, 0.1) is 11.6 Å². The van der Waals surface area contributed by atoms with Crippen LogP contribution in [-0.2, 0) is 12.1 Å². The van der Waals surface area contributed by atoms with Crippen LogP contribution in [0.1, 0.15) is 95.3 Å². The van der Waals surface area contributed by atoms with Gasteiger partial charge in [-0.3, -0.25) is 9.69 Å². The molecular formula is C27H40N6O. The molecule has 2 heterocycles. The van der Waals surface area contributed by atoms with Gasteiger partial charge in [0, 0.05) is 23.7 Å². The van der Waals surface area contributed by atoms with Gasteiger partial charge >= 0.3 is 0 Å². The number of aryl methyl sites for hydroxylation is 2. The van der Waals surface area contributed by atoms with Crippen molar-refractivity contribution >= 4 is 10.9 Å². The van der Waals surface area contributed by atoms with Crippen molar-refractivity contribution in [3.8, 4) is 0 Å². The molecular weight excluding hydrogens is 424 g/mol. The Morgan fingerprint density at radius 1 is 1.15 bits per heavy atom. The second-order valence-corrected chi connectivity index (χ2v) is 11.1. The van der Waals surface area contributed by atoms with Gasteiger partial charge < -0.3 is 4.98 Å². The third kappa shape index (κ3) is 4.67. The number of nitrogens with zero attached hydrogens (tertiary/aromatic N) is 5. The standard InChI is InChI=1S/C27H40N6O/c1-8-27(6,7)33-25(29-30-31-33)24(17(2)3)32(22-11-9-10-12-22)16-21-15-20-13-18(4)19(5)14-23(20)28-26(21)34/h13-15,17,22,24H,8-12,16H2,1-7H3,(H,28,34)/t24-/m0/s1. The number of rotatable bonds is 8. The molecule has 1 aliphatic rings. The Kier molecular flexibility index (Phi) is 6.94. The average molecular weight is 465 g/mol. The predicted octanol–water partition coefficient (Wildman–Crippen LogP) is 5.42. The quantitative estimate of drug-likeness (QED) is 0.482. The highest BCUT2D eigenvalue weighted by atomic mass is 16.1. The highest BCUT2D eigenvalue weighted by Crippen LogP contribution is 2.37.